The molecular formula is C22H30F2N4O4. The van der Waals surface area contributed by atoms with Crippen LogP contribution in [-0.4, -0.2) is 72.0 Å². The maximum absolute atomic E-state index is 13.1. The van der Waals surface area contributed by atoms with Crippen molar-refractivity contribution in [3.63, 3.8) is 0 Å². The van der Waals surface area contributed by atoms with Crippen molar-refractivity contribution in [1.82, 2.24) is 15.5 Å². The number of nitrogens with one attached hydrogen (secondary N) is 3. The highest BCUT2D eigenvalue weighted by atomic mass is 19.3. The number of halogens is 2. The molecule has 0 aromatic heterocycles. The van der Waals surface area contributed by atoms with Crippen LogP contribution in [0.5, 0.6) is 0 Å². The largest absolute Gasteiger partial charge is 0.384 e. The van der Waals surface area contributed by atoms with E-state index in [1.807, 2.05) is 6.07 Å². The lowest BCUT2D eigenvalue weighted by atomic mass is 10.0. The van der Waals surface area contributed by atoms with E-state index in [0.717, 1.165) is 11.3 Å². The molecule has 0 saturated carbocycles. The summed E-state index contributed by atoms with van der Waals surface area (Å²) in [7, 11) is 0. The van der Waals surface area contributed by atoms with Gasteiger partial charge in [0.1, 0.15) is 6.04 Å². The van der Waals surface area contributed by atoms with E-state index < -0.39 is 48.9 Å². The van der Waals surface area contributed by atoms with Crippen LogP contribution in [0.2, 0.25) is 0 Å². The summed E-state index contributed by atoms with van der Waals surface area (Å²) in [4.78, 5) is 38.6. The van der Waals surface area contributed by atoms with Crippen LogP contribution in [0.1, 0.15) is 36.2 Å². The zero-order valence-electron chi connectivity index (χ0n) is 18.2. The second kappa shape index (κ2) is 11.6. The van der Waals surface area contributed by atoms with Crippen LogP contribution in [0.15, 0.2) is 30.9 Å². The minimum absolute atomic E-state index is 0.104. The third-order valence-electron chi connectivity index (χ3n) is 5.39. The first kappa shape index (κ1) is 25.3. The van der Waals surface area contributed by atoms with Crippen molar-refractivity contribution < 1.29 is 28.3 Å². The molecule has 176 valence electrons. The van der Waals surface area contributed by atoms with Gasteiger partial charge in [-0.15, -0.1) is 6.58 Å². The fraction of sp³-hybridized carbons (Fsp3) is 0.500. The Morgan fingerprint density at radius 3 is 2.69 bits per heavy atom. The molecule has 1 aliphatic rings. The Kier molecular flexibility index (Phi) is 9.13. The summed E-state index contributed by atoms with van der Waals surface area (Å²) in [5, 5.41) is 18.9. The minimum atomic E-state index is -2.91. The van der Waals surface area contributed by atoms with Gasteiger partial charge in [0.15, 0.2) is 6.10 Å². The molecular weight excluding hydrogens is 422 g/mol. The summed E-state index contributed by atoms with van der Waals surface area (Å²) >= 11 is 0. The molecule has 0 spiro atoms. The Balaban J connectivity index is 2.16. The Labute approximate surface area is 186 Å². The molecule has 4 N–H and O–H groups in total. The second-order valence-electron chi connectivity index (χ2n) is 7.53. The maximum Gasteiger partial charge on any atom is 0.255 e. The van der Waals surface area contributed by atoms with E-state index in [4.69, 9.17) is 0 Å². The number of fused-ring (bicyclic) bond motifs is 1. The van der Waals surface area contributed by atoms with Gasteiger partial charge in [-0.1, -0.05) is 19.1 Å². The van der Waals surface area contributed by atoms with Gasteiger partial charge in [0.25, 0.3) is 18.2 Å². The third-order valence-corrected chi connectivity index (χ3v) is 5.39. The number of anilines is 1. The van der Waals surface area contributed by atoms with Gasteiger partial charge in [-0.25, -0.2) is 8.78 Å². The Morgan fingerprint density at radius 2 is 2.06 bits per heavy atom. The molecule has 10 heteroatoms. The van der Waals surface area contributed by atoms with Gasteiger partial charge in [0.05, 0.1) is 12.6 Å². The third kappa shape index (κ3) is 6.03. The molecule has 0 saturated heterocycles. The zero-order valence-corrected chi connectivity index (χ0v) is 18.2. The summed E-state index contributed by atoms with van der Waals surface area (Å²) in [6.45, 7) is 6.18. The van der Waals surface area contributed by atoms with Crippen molar-refractivity contribution in [3.05, 3.63) is 42.0 Å². The predicted octanol–water partition coefficient (Wildman–Crippen LogP) is 1.31. The van der Waals surface area contributed by atoms with E-state index in [9.17, 15) is 28.3 Å². The highest BCUT2D eigenvalue weighted by Crippen LogP contribution is 2.25. The average molecular weight is 453 g/mol. The smallest absolute Gasteiger partial charge is 0.255 e. The van der Waals surface area contributed by atoms with Crippen molar-refractivity contribution in [1.29, 1.82) is 0 Å². The van der Waals surface area contributed by atoms with Crippen LogP contribution in [0.25, 0.3) is 0 Å². The molecule has 3 unspecified atom stereocenters. The molecule has 1 aromatic carbocycles. The molecule has 3 atom stereocenters. The first-order valence-electron chi connectivity index (χ1n) is 10.5. The van der Waals surface area contributed by atoms with Gasteiger partial charge in [0.2, 0.25) is 5.91 Å². The quantitative estimate of drug-likeness (QED) is 0.379. The standard InChI is InChI=1S/C22H30F2N4O4/c1-4-10-26-20(30)13(3)28(12-18(23)24)22(32)19(29)16(5-2)27-21(31)15-7-6-8-17-14(15)9-11-25-17/h4,6-8,13,16,18-19,25,29H,1,5,9-12H2,2-3H3,(H,26,30)(H,27,31). The van der Waals surface area contributed by atoms with Crippen molar-refractivity contribution in [3.8, 4) is 0 Å². The lowest BCUT2D eigenvalue weighted by molar-refractivity contribution is -0.150. The number of nitrogens with zero attached hydrogens (tertiary/aromatic N) is 1. The van der Waals surface area contributed by atoms with Crippen LogP contribution < -0.4 is 16.0 Å². The average Bonchev–Trinajstić information content (AvgIpc) is 3.26. The number of benzene rings is 1. The second-order valence-corrected chi connectivity index (χ2v) is 7.53. The summed E-state index contributed by atoms with van der Waals surface area (Å²) in [5.41, 5.74) is 2.12. The molecule has 0 fully saturated rings. The first-order chi connectivity index (χ1) is 15.2. The van der Waals surface area contributed by atoms with E-state index in [-0.39, 0.29) is 13.0 Å². The number of rotatable bonds is 11. The fourth-order valence-electron chi connectivity index (χ4n) is 3.60. The molecule has 3 amide bonds. The lowest BCUT2D eigenvalue weighted by Gasteiger charge is -2.32. The molecule has 1 aliphatic heterocycles. The Bertz CT molecular complexity index is 849. The fourth-order valence-corrected chi connectivity index (χ4v) is 3.60. The highest BCUT2D eigenvalue weighted by Gasteiger charge is 2.36. The van der Waals surface area contributed by atoms with Gasteiger partial charge in [-0.3, -0.25) is 14.4 Å². The first-order valence-corrected chi connectivity index (χ1v) is 10.5. The monoisotopic (exact) mass is 452 g/mol. The predicted molar refractivity (Wildman–Crippen MR) is 117 cm³/mol. The topological polar surface area (TPSA) is 111 Å². The summed E-state index contributed by atoms with van der Waals surface area (Å²) in [6, 6.07) is 2.96. The van der Waals surface area contributed by atoms with Gasteiger partial charge in [0, 0.05) is 24.3 Å². The van der Waals surface area contributed by atoms with E-state index in [1.165, 1.54) is 13.0 Å². The molecule has 0 radical (unpaired) electrons. The molecule has 0 bridgehead atoms. The van der Waals surface area contributed by atoms with Gasteiger partial charge in [-0.05, 0) is 37.5 Å². The summed E-state index contributed by atoms with van der Waals surface area (Å²) in [5.74, 6) is -2.18. The van der Waals surface area contributed by atoms with Crippen molar-refractivity contribution in [2.75, 3.05) is 25.0 Å². The van der Waals surface area contributed by atoms with Gasteiger partial charge in [-0.2, -0.15) is 0 Å². The van der Waals surface area contributed by atoms with Crippen molar-refractivity contribution in [2.24, 2.45) is 0 Å². The lowest BCUT2D eigenvalue weighted by Crippen LogP contribution is -2.57. The van der Waals surface area contributed by atoms with E-state index in [2.05, 4.69) is 22.5 Å². The number of hydrogen-bond acceptors (Lipinski definition) is 5. The number of aliphatic hydroxyl groups is 1. The van der Waals surface area contributed by atoms with Crippen LogP contribution >= 0.6 is 0 Å². The van der Waals surface area contributed by atoms with E-state index in [1.54, 1.807) is 19.1 Å². The van der Waals surface area contributed by atoms with Crippen molar-refractivity contribution >= 4 is 23.4 Å². The van der Waals surface area contributed by atoms with Gasteiger partial charge < -0.3 is 26.0 Å². The molecule has 1 heterocycles. The van der Waals surface area contributed by atoms with Crippen LogP contribution in [0.4, 0.5) is 14.5 Å². The normalized spacial score (nSPS) is 15.2. The number of alkyl halides is 2. The molecule has 2 rings (SSSR count). The van der Waals surface area contributed by atoms with Crippen LogP contribution in [0.3, 0.4) is 0 Å². The number of carbonyl (C=O) groups is 3. The molecule has 1 aromatic rings. The number of aliphatic hydroxyl groups excluding tert-OH is 1. The van der Waals surface area contributed by atoms with E-state index >= 15 is 0 Å². The van der Waals surface area contributed by atoms with Crippen LogP contribution in [-0.2, 0) is 16.0 Å². The van der Waals surface area contributed by atoms with Gasteiger partial charge >= 0.3 is 0 Å². The molecule has 32 heavy (non-hydrogen) atoms. The number of hydrogen-bond donors (Lipinski definition) is 4. The Hall–Kier alpha value is -3.01. The summed E-state index contributed by atoms with van der Waals surface area (Å²) < 4.78 is 26.3. The number of carbonyl (C=O) groups excluding carboxylic acids is 3. The maximum atomic E-state index is 13.1. The van der Waals surface area contributed by atoms with Crippen molar-refractivity contribution in [2.45, 2.75) is 51.3 Å². The van der Waals surface area contributed by atoms with E-state index in [0.29, 0.717) is 23.4 Å². The SMILES string of the molecule is C=CCNC(=O)C(C)N(CC(F)F)C(=O)C(O)C(CC)NC(=O)c1cccc2c1CCN2. The zero-order chi connectivity index (χ0) is 23.8. The summed E-state index contributed by atoms with van der Waals surface area (Å²) in [6.07, 6.45) is -2.46. The van der Waals surface area contributed by atoms with Crippen LogP contribution in [0, 0.1) is 0 Å². The minimum Gasteiger partial charge on any atom is -0.384 e. The Morgan fingerprint density at radius 1 is 1.34 bits per heavy atom. The highest BCUT2D eigenvalue weighted by molar-refractivity contribution is 5.98. The molecule has 0 aliphatic carbocycles. The molecule has 8 nitrogen and oxygen atoms in total. The number of amides is 3.